The number of nitrogens with one attached hydrogen (secondary N) is 1. The Morgan fingerprint density at radius 3 is 2.55 bits per heavy atom. The van der Waals surface area contributed by atoms with Crippen molar-refractivity contribution in [2.45, 2.75) is 84.2 Å². The van der Waals surface area contributed by atoms with Gasteiger partial charge in [-0.25, -0.2) is 0 Å². The molecule has 2 rings (SSSR count). The summed E-state index contributed by atoms with van der Waals surface area (Å²) in [5.41, 5.74) is 0. The molecule has 2 nitrogen and oxygen atoms in total. The van der Waals surface area contributed by atoms with E-state index in [1.165, 1.54) is 71.0 Å². The zero-order valence-corrected chi connectivity index (χ0v) is 14.0. The standard InChI is InChI=1S/C18H36N2/c1-15(2)17-10-4-5-11-18(17)19-12-8-14-20-13-7-6-9-16(20)3/h15-19H,4-14H2,1-3H3. The van der Waals surface area contributed by atoms with Gasteiger partial charge in [0.25, 0.3) is 0 Å². The summed E-state index contributed by atoms with van der Waals surface area (Å²) in [5.74, 6) is 1.76. The van der Waals surface area contributed by atoms with Crippen LogP contribution in [-0.4, -0.2) is 36.6 Å². The molecule has 118 valence electrons. The Morgan fingerprint density at radius 2 is 1.80 bits per heavy atom. The third-order valence-corrected chi connectivity index (χ3v) is 5.64. The molecule has 1 N–H and O–H groups in total. The SMILES string of the molecule is CC(C)C1CCCCC1NCCCN1CCCCC1C. The van der Waals surface area contributed by atoms with Crippen LogP contribution in [0.15, 0.2) is 0 Å². The lowest BCUT2D eigenvalue weighted by Gasteiger charge is -2.36. The van der Waals surface area contributed by atoms with Crippen LogP contribution in [0.1, 0.15) is 72.1 Å². The Morgan fingerprint density at radius 1 is 1.05 bits per heavy atom. The monoisotopic (exact) mass is 280 g/mol. The van der Waals surface area contributed by atoms with Gasteiger partial charge in [0.05, 0.1) is 0 Å². The minimum absolute atomic E-state index is 0.794. The van der Waals surface area contributed by atoms with Crippen molar-refractivity contribution in [2.24, 2.45) is 11.8 Å². The highest BCUT2D eigenvalue weighted by Gasteiger charge is 2.26. The fourth-order valence-electron chi connectivity index (χ4n) is 4.27. The largest absolute Gasteiger partial charge is 0.314 e. The van der Waals surface area contributed by atoms with Crippen LogP contribution < -0.4 is 5.32 Å². The van der Waals surface area contributed by atoms with Gasteiger partial charge in [0.2, 0.25) is 0 Å². The Labute approximate surface area is 126 Å². The molecule has 2 heteroatoms. The van der Waals surface area contributed by atoms with E-state index in [0.717, 1.165) is 23.9 Å². The molecular formula is C18H36N2. The molecule has 2 fully saturated rings. The normalized spacial score (nSPS) is 32.7. The fourth-order valence-corrected chi connectivity index (χ4v) is 4.27. The number of hydrogen-bond donors (Lipinski definition) is 1. The number of likely N-dealkylation sites (tertiary alicyclic amines) is 1. The summed E-state index contributed by atoms with van der Waals surface area (Å²) in [6, 6.07) is 1.62. The Balaban J connectivity index is 1.64. The second-order valence-electron chi connectivity index (χ2n) is 7.49. The first-order valence-corrected chi connectivity index (χ1v) is 9.16. The quantitative estimate of drug-likeness (QED) is 0.738. The van der Waals surface area contributed by atoms with E-state index in [9.17, 15) is 0 Å². The van der Waals surface area contributed by atoms with E-state index in [2.05, 4.69) is 31.0 Å². The zero-order valence-electron chi connectivity index (χ0n) is 14.0. The summed E-state index contributed by atoms with van der Waals surface area (Å²) in [7, 11) is 0. The molecule has 0 aromatic carbocycles. The summed E-state index contributed by atoms with van der Waals surface area (Å²) in [5, 5.41) is 3.88. The van der Waals surface area contributed by atoms with E-state index >= 15 is 0 Å². The Hall–Kier alpha value is -0.0800. The molecule has 0 aromatic heterocycles. The van der Waals surface area contributed by atoms with Crippen molar-refractivity contribution in [1.82, 2.24) is 10.2 Å². The van der Waals surface area contributed by atoms with E-state index < -0.39 is 0 Å². The predicted molar refractivity (Wildman–Crippen MR) is 88.1 cm³/mol. The van der Waals surface area contributed by atoms with Gasteiger partial charge in [-0.1, -0.05) is 33.1 Å². The molecular weight excluding hydrogens is 244 g/mol. The minimum Gasteiger partial charge on any atom is -0.314 e. The maximum absolute atomic E-state index is 3.88. The molecule has 0 bridgehead atoms. The van der Waals surface area contributed by atoms with Crippen LogP contribution in [0, 0.1) is 11.8 Å². The van der Waals surface area contributed by atoms with Gasteiger partial charge in [-0.2, -0.15) is 0 Å². The predicted octanol–water partition coefficient (Wildman–Crippen LogP) is 4.06. The molecule has 1 heterocycles. The van der Waals surface area contributed by atoms with E-state index in [4.69, 9.17) is 0 Å². The fraction of sp³-hybridized carbons (Fsp3) is 1.00. The van der Waals surface area contributed by atoms with Crippen LogP contribution in [-0.2, 0) is 0 Å². The highest BCUT2D eigenvalue weighted by atomic mass is 15.2. The molecule has 0 radical (unpaired) electrons. The van der Waals surface area contributed by atoms with Gasteiger partial charge in [0, 0.05) is 12.1 Å². The average molecular weight is 280 g/mol. The zero-order chi connectivity index (χ0) is 14.4. The third-order valence-electron chi connectivity index (χ3n) is 5.64. The van der Waals surface area contributed by atoms with Crippen molar-refractivity contribution >= 4 is 0 Å². The van der Waals surface area contributed by atoms with Gasteiger partial charge in [-0.15, -0.1) is 0 Å². The summed E-state index contributed by atoms with van der Waals surface area (Å²) in [6.07, 6.45) is 11.3. The molecule has 20 heavy (non-hydrogen) atoms. The highest BCUT2D eigenvalue weighted by Crippen LogP contribution is 2.30. The summed E-state index contributed by atoms with van der Waals surface area (Å²) >= 11 is 0. The lowest BCUT2D eigenvalue weighted by Crippen LogP contribution is -2.43. The van der Waals surface area contributed by atoms with E-state index in [1.807, 2.05) is 0 Å². The van der Waals surface area contributed by atoms with Gasteiger partial charge in [0.15, 0.2) is 0 Å². The Kier molecular flexibility index (Phi) is 6.83. The molecule has 1 aliphatic carbocycles. The first-order valence-electron chi connectivity index (χ1n) is 9.16. The Bertz CT molecular complexity index is 264. The second-order valence-corrected chi connectivity index (χ2v) is 7.49. The van der Waals surface area contributed by atoms with Crippen LogP contribution in [0.3, 0.4) is 0 Å². The maximum atomic E-state index is 3.88. The van der Waals surface area contributed by atoms with Crippen LogP contribution >= 0.6 is 0 Å². The number of piperidine rings is 1. The van der Waals surface area contributed by atoms with Crippen molar-refractivity contribution in [2.75, 3.05) is 19.6 Å². The maximum Gasteiger partial charge on any atom is 0.00977 e. The van der Waals surface area contributed by atoms with Crippen molar-refractivity contribution in [3.63, 3.8) is 0 Å². The van der Waals surface area contributed by atoms with Gasteiger partial charge in [-0.3, -0.25) is 0 Å². The molecule has 1 aliphatic heterocycles. The van der Waals surface area contributed by atoms with Crippen LogP contribution in [0.5, 0.6) is 0 Å². The number of rotatable bonds is 6. The average Bonchev–Trinajstić information content (AvgIpc) is 2.45. The lowest BCUT2D eigenvalue weighted by molar-refractivity contribution is 0.154. The molecule has 2 aliphatic rings. The third kappa shape index (κ3) is 4.73. The first kappa shape index (κ1) is 16.3. The van der Waals surface area contributed by atoms with Crippen LogP contribution in [0.25, 0.3) is 0 Å². The lowest BCUT2D eigenvalue weighted by atomic mass is 9.78. The van der Waals surface area contributed by atoms with Crippen molar-refractivity contribution in [3.05, 3.63) is 0 Å². The van der Waals surface area contributed by atoms with Gasteiger partial charge < -0.3 is 10.2 Å². The van der Waals surface area contributed by atoms with Gasteiger partial charge >= 0.3 is 0 Å². The summed E-state index contributed by atoms with van der Waals surface area (Å²) in [6.45, 7) is 11.1. The molecule has 0 amide bonds. The minimum atomic E-state index is 0.794. The van der Waals surface area contributed by atoms with E-state index in [1.54, 1.807) is 0 Å². The topological polar surface area (TPSA) is 15.3 Å². The summed E-state index contributed by atoms with van der Waals surface area (Å²) < 4.78 is 0. The smallest absolute Gasteiger partial charge is 0.00977 e. The van der Waals surface area contributed by atoms with E-state index in [0.29, 0.717) is 0 Å². The molecule has 1 saturated heterocycles. The van der Waals surface area contributed by atoms with Crippen LogP contribution in [0.4, 0.5) is 0 Å². The summed E-state index contributed by atoms with van der Waals surface area (Å²) in [4.78, 5) is 2.70. The second kappa shape index (κ2) is 8.38. The molecule has 3 atom stereocenters. The molecule has 0 aromatic rings. The van der Waals surface area contributed by atoms with Crippen molar-refractivity contribution in [1.29, 1.82) is 0 Å². The van der Waals surface area contributed by atoms with Crippen molar-refractivity contribution in [3.8, 4) is 0 Å². The molecule has 0 spiro atoms. The number of nitrogens with zero attached hydrogens (tertiary/aromatic N) is 1. The van der Waals surface area contributed by atoms with Gasteiger partial charge in [-0.05, 0) is 70.5 Å². The van der Waals surface area contributed by atoms with Gasteiger partial charge in [0.1, 0.15) is 0 Å². The number of hydrogen-bond acceptors (Lipinski definition) is 2. The molecule has 1 saturated carbocycles. The van der Waals surface area contributed by atoms with Crippen molar-refractivity contribution < 1.29 is 0 Å². The highest BCUT2D eigenvalue weighted by molar-refractivity contribution is 4.83. The van der Waals surface area contributed by atoms with E-state index in [-0.39, 0.29) is 0 Å². The molecule has 3 unspecified atom stereocenters. The first-order chi connectivity index (χ1) is 9.68. The van der Waals surface area contributed by atoms with Crippen LogP contribution in [0.2, 0.25) is 0 Å².